The number of halogens is 1. The number of nitrogens with one attached hydrogen (secondary N) is 1. The molecule has 1 aliphatic rings. The van der Waals surface area contributed by atoms with Crippen LogP contribution in [0.2, 0.25) is 0 Å². The molecule has 1 saturated carbocycles. The predicted octanol–water partition coefficient (Wildman–Crippen LogP) is 5.09. The quantitative estimate of drug-likeness (QED) is 0.787. The highest BCUT2D eigenvalue weighted by molar-refractivity contribution is 9.10. The first-order valence-electron chi connectivity index (χ1n) is 7.19. The van der Waals surface area contributed by atoms with Gasteiger partial charge in [0.05, 0.1) is 11.3 Å². The Morgan fingerprint density at radius 3 is 2.89 bits per heavy atom. The number of nitriles is 1. The summed E-state index contributed by atoms with van der Waals surface area (Å²) in [4.78, 5) is 0. The molecule has 0 spiro atoms. The maximum atomic E-state index is 9.20. The molecule has 0 aromatic heterocycles. The van der Waals surface area contributed by atoms with Crippen molar-refractivity contribution in [2.75, 3.05) is 5.32 Å². The molecule has 1 aromatic carbocycles. The molecular formula is C16H21BrN2. The average Bonchev–Trinajstić information content (AvgIpc) is 2.66. The van der Waals surface area contributed by atoms with Gasteiger partial charge < -0.3 is 5.32 Å². The first-order chi connectivity index (χ1) is 9.22. The van der Waals surface area contributed by atoms with E-state index in [1.54, 1.807) is 0 Å². The van der Waals surface area contributed by atoms with Crippen LogP contribution >= 0.6 is 15.9 Å². The molecular weight excluding hydrogens is 300 g/mol. The highest BCUT2D eigenvalue weighted by Gasteiger charge is 2.18. The fourth-order valence-corrected chi connectivity index (χ4v) is 3.25. The summed E-state index contributed by atoms with van der Waals surface area (Å²) in [6.07, 6.45) is 7.71. The summed E-state index contributed by atoms with van der Waals surface area (Å²) in [5.41, 5.74) is 1.70. The fraction of sp³-hybridized carbons (Fsp3) is 0.562. The molecule has 2 rings (SSSR count). The van der Waals surface area contributed by atoms with Crippen molar-refractivity contribution >= 4 is 21.6 Å². The number of benzene rings is 1. The van der Waals surface area contributed by atoms with E-state index in [0.717, 1.165) is 21.6 Å². The summed E-state index contributed by atoms with van der Waals surface area (Å²) >= 11 is 3.41. The van der Waals surface area contributed by atoms with E-state index in [9.17, 15) is 5.26 Å². The van der Waals surface area contributed by atoms with Gasteiger partial charge in [-0.05, 0) is 43.4 Å². The largest absolute Gasteiger partial charge is 0.381 e. The van der Waals surface area contributed by atoms with Gasteiger partial charge in [-0.3, -0.25) is 0 Å². The van der Waals surface area contributed by atoms with Crippen molar-refractivity contribution in [3.05, 3.63) is 28.2 Å². The van der Waals surface area contributed by atoms with Gasteiger partial charge in [0, 0.05) is 10.5 Å². The van der Waals surface area contributed by atoms with Crippen LogP contribution in [0.25, 0.3) is 0 Å². The molecule has 0 radical (unpaired) electrons. The van der Waals surface area contributed by atoms with Gasteiger partial charge >= 0.3 is 0 Å². The van der Waals surface area contributed by atoms with Gasteiger partial charge in [0.1, 0.15) is 6.07 Å². The first kappa shape index (κ1) is 14.4. The molecule has 1 fully saturated rings. The minimum absolute atomic E-state index is 0.518. The van der Waals surface area contributed by atoms with Crippen LogP contribution in [0.4, 0.5) is 5.69 Å². The molecule has 102 valence electrons. The Morgan fingerprint density at radius 2 is 2.16 bits per heavy atom. The molecule has 0 heterocycles. The van der Waals surface area contributed by atoms with Gasteiger partial charge in [0.15, 0.2) is 0 Å². The summed E-state index contributed by atoms with van der Waals surface area (Å²) in [5.74, 6) is 0.896. The van der Waals surface area contributed by atoms with Crippen molar-refractivity contribution in [3.8, 4) is 6.07 Å². The Balaban J connectivity index is 2.03. The fourth-order valence-electron chi connectivity index (χ4n) is 2.89. The Morgan fingerprint density at radius 1 is 1.32 bits per heavy atom. The maximum absolute atomic E-state index is 9.20. The number of hydrogen-bond donors (Lipinski definition) is 1. The SMILES string of the molecule is CCC1CCCC(Nc2ccc(Br)cc2C#N)CC1. The summed E-state index contributed by atoms with van der Waals surface area (Å²) in [6.45, 7) is 2.29. The topological polar surface area (TPSA) is 35.8 Å². The third-order valence-corrected chi connectivity index (χ3v) is 4.62. The van der Waals surface area contributed by atoms with E-state index in [0.29, 0.717) is 6.04 Å². The van der Waals surface area contributed by atoms with Crippen LogP contribution < -0.4 is 5.32 Å². The van der Waals surface area contributed by atoms with E-state index in [1.807, 2.05) is 18.2 Å². The van der Waals surface area contributed by atoms with Crippen molar-refractivity contribution in [2.45, 2.75) is 51.5 Å². The van der Waals surface area contributed by atoms with Gasteiger partial charge in [-0.2, -0.15) is 5.26 Å². The van der Waals surface area contributed by atoms with Crippen LogP contribution in [0.15, 0.2) is 22.7 Å². The zero-order chi connectivity index (χ0) is 13.7. The molecule has 2 nitrogen and oxygen atoms in total. The van der Waals surface area contributed by atoms with Gasteiger partial charge in [-0.25, -0.2) is 0 Å². The normalized spacial score (nSPS) is 23.4. The van der Waals surface area contributed by atoms with E-state index in [4.69, 9.17) is 0 Å². The zero-order valence-electron chi connectivity index (χ0n) is 11.5. The zero-order valence-corrected chi connectivity index (χ0v) is 13.0. The Kier molecular flexibility index (Phi) is 5.27. The molecule has 3 heteroatoms. The lowest BCUT2D eigenvalue weighted by molar-refractivity contribution is 0.444. The number of rotatable bonds is 3. The predicted molar refractivity (Wildman–Crippen MR) is 83.1 cm³/mol. The molecule has 19 heavy (non-hydrogen) atoms. The molecule has 0 aliphatic heterocycles. The van der Waals surface area contributed by atoms with Crippen LogP contribution in [0.1, 0.15) is 51.0 Å². The Bertz CT molecular complexity index is 464. The summed E-state index contributed by atoms with van der Waals surface area (Å²) < 4.78 is 0.960. The first-order valence-corrected chi connectivity index (χ1v) is 7.98. The van der Waals surface area contributed by atoms with Gasteiger partial charge in [0.25, 0.3) is 0 Å². The number of hydrogen-bond acceptors (Lipinski definition) is 2. The van der Waals surface area contributed by atoms with Crippen LogP contribution in [-0.2, 0) is 0 Å². The van der Waals surface area contributed by atoms with E-state index in [1.165, 1.54) is 38.5 Å². The Hall–Kier alpha value is -1.01. The van der Waals surface area contributed by atoms with Crippen LogP contribution in [0, 0.1) is 17.2 Å². The second kappa shape index (κ2) is 6.96. The van der Waals surface area contributed by atoms with Gasteiger partial charge in [0.2, 0.25) is 0 Å². The van der Waals surface area contributed by atoms with Crippen molar-refractivity contribution in [1.82, 2.24) is 0 Å². The smallest absolute Gasteiger partial charge is 0.101 e. The molecule has 2 unspecified atom stereocenters. The molecule has 1 aromatic rings. The summed E-state index contributed by atoms with van der Waals surface area (Å²) in [6, 6.07) is 8.67. The van der Waals surface area contributed by atoms with Crippen molar-refractivity contribution < 1.29 is 0 Å². The average molecular weight is 321 g/mol. The maximum Gasteiger partial charge on any atom is 0.101 e. The van der Waals surface area contributed by atoms with E-state index in [2.05, 4.69) is 34.2 Å². The lowest BCUT2D eigenvalue weighted by Gasteiger charge is -2.19. The van der Waals surface area contributed by atoms with Gasteiger partial charge in [-0.15, -0.1) is 0 Å². The van der Waals surface area contributed by atoms with E-state index >= 15 is 0 Å². The second-order valence-electron chi connectivity index (χ2n) is 5.43. The highest BCUT2D eigenvalue weighted by atomic mass is 79.9. The monoisotopic (exact) mass is 320 g/mol. The van der Waals surface area contributed by atoms with E-state index < -0.39 is 0 Å². The van der Waals surface area contributed by atoms with Gasteiger partial charge in [-0.1, -0.05) is 42.1 Å². The van der Waals surface area contributed by atoms with Crippen LogP contribution in [-0.4, -0.2) is 6.04 Å². The lowest BCUT2D eigenvalue weighted by atomic mass is 9.98. The molecule has 1 N–H and O–H groups in total. The molecule has 0 amide bonds. The third kappa shape index (κ3) is 3.98. The summed E-state index contributed by atoms with van der Waals surface area (Å²) in [7, 11) is 0. The Labute approximate surface area is 124 Å². The molecule has 0 bridgehead atoms. The van der Waals surface area contributed by atoms with Crippen molar-refractivity contribution in [2.24, 2.45) is 5.92 Å². The van der Waals surface area contributed by atoms with Crippen molar-refractivity contribution in [3.63, 3.8) is 0 Å². The molecule has 0 saturated heterocycles. The lowest BCUT2D eigenvalue weighted by Crippen LogP contribution is -2.19. The highest BCUT2D eigenvalue weighted by Crippen LogP contribution is 2.28. The van der Waals surface area contributed by atoms with E-state index in [-0.39, 0.29) is 0 Å². The van der Waals surface area contributed by atoms with Crippen LogP contribution in [0.3, 0.4) is 0 Å². The molecule has 2 atom stereocenters. The minimum atomic E-state index is 0.518. The third-order valence-electron chi connectivity index (χ3n) is 4.13. The van der Waals surface area contributed by atoms with Crippen LogP contribution in [0.5, 0.6) is 0 Å². The second-order valence-corrected chi connectivity index (χ2v) is 6.34. The number of anilines is 1. The minimum Gasteiger partial charge on any atom is -0.381 e. The standard InChI is InChI=1S/C16H21BrN2/c1-2-12-4-3-5-15(8-6-12)19-16-9-7-14(17)10-13(16)11-18/h7,9-10,12,15,19H,2-6,8H2,1H3. The van der Waals surface area contributed by atoms with Crippen molar-refractivity contribution in [1.29, 1.82) is 5.26 Å². The molecule has 1 aliphatic carbocycles. The number of nitrogens with zero attached hydrogens (tertiary/aromatic N) is 1. The summed E-state index contributed by atoms with van der Waals surface area (Å²) in [5, 5.41) is 12.8.